The van der Waals surface area contributed by atoms with Crippen LogP contribution in [0.4, 0.5) is 0 Å². The van der Waals surface area contributed by atoms with Gasteiger partial charge in [0.1, 0.15) is 0 Å². The number of hydrogen-bond acceptors (Lipinski definition) is 1. The van der Waals surface area contributed by atoms with E-state index in [2.05, 4.69) is 49.1 Å². The summed E-state index contributed by atoms with van der Waals surface area (Å²) in [5.74, 6) is 0. The van der Waals surface area contributed by atoms with Gasteiger partial charge in [0.25, 0.3) is 0 Å². The van der Waals surface area contributed by atoms with Crippen molar-refractivity contribution in [3.05, 3.63) is 24.0 Å². The lowest BCUT2D eigenvalue weighted by molar-refractivity contribution is 0.513. The normalized spacial score (nSPS) is 12.9. The molecule has 0 saturated heterocycles. The third-order valence-electron chi connectivity index (χ3n) is 2.90. The molecule has 1 rings (SSSR count). The summed E-state index contributed by atoms with van der Waals surface area (Å²) in [6, 6.07) is 2.89. The SMILES string of the molecule is CCCNC(C)CCc1ccn(CCC)c1. The van der Waals surface area contributed by atoms with Gasteiger partial charge in [0, 0.05) is 25.0 Å². The van der Waals surface area contributed by atoms with Gasteiger partial charge in [-0.05, 0) is 50.8 Å². The molecule has 2 heteroatoms. The molecular formula is C14H26N2. The zero-order valence-electron chi connectivity index (χ0n) is 11.0. The van der Waals surface area contributed by atoms with Crippen molar-refractivity contribution in [1.82, 2.24) is 9.88 Å². The monoisotopic (exact) mass is 222 g/mol. The first-order valence-electron chi connectivity index (χ1n) is 6.64. The molecule has 1 heterocycles. The van der Waals surface area contributed by atoms with Gasteiger partial charge in [0.2, 0.25) is 0 Å². The van der Waals surface area contributed by atoms with Crippen LogP contribution < -0.4 is 5.32 Å². The van der Waals surface area contributed by atoms with E-state index >= 15 is 0 Å². The lowest BCUT2D eigenvalue weighted by Gasteiger charge is -2.12. The second-order valence-corrected chi connectivity index (χ2v) is 4.65. The summed E-state index contributed by atoms with van der Waals surface area (Å²) in [6.45, 7) is 8.99. The highest BCUT2D eigenvalue weighted by atomic mass is 14.9. The number of aromatic nitrogens is 1. The number of rotatable bonds is 8. The van der Waals surface area contributed by atoms with E-state index in [9.17, 15) is 0 Å². The fraction of sp³-hybridized carbons (Fsp3) is 0.714. The maximum absolute atomic E-state index is 3.53. The first kappa shape index (κ1) is 13.3. The van der Waals surface area contributed by atoms with Crippen molar-refractivity contribution < 1.29 is 0 Å². The molecule has 0 spiro atoms. The van der Waals surface area contributed by atoms with Crippen molar-refractivity contribution in [2.24, 2.45) is 0 Å². The maximum atomic E-state index is 3.53. The van der Waals surface area contributed by atoms with Crippen LogP contribution in [0.15, 0.2) is 18.5 Å². The van der Waals surface area contributed by atoms with Crippen LogP contribution in [0.1, 0.15) is 45.6 Å². The highest BCUT2D eigenvalue weighted by Gasteiger charge is 2.02. The molecule has 0 aromatic carbocycles. The van der Waals surface area contributed by atoms with Crippen LogP contribution in [0.3, 0.4) is 0 Å². The predicted octanol–water partition coefficient (Wildman–Crippen LogP) is 3.22. The number of nitrogens with zero attached hydrogens (tertiary/aromatic N) is 1. The average Bonchev–Trinajstić information content (AvgIpc) is 2.72. The third-order valence-corrected chi connectivity index (χ3v) is 2.90. The van der Waals surface area contributed by atoms with Gasteiger partial charge in [-0.1, -0.05) is 13.8 Å². The molecule has 16 heavy (non-hydrogen) atoms. The molecule has 2 nitrogen and oxygen atoms in total. The molecule has 0 bridgehead atoms. The van der Waals surface area contributed by atoms with Crippen molar-refractivity contribution >= 4 is 0 Å². The van der Waals surface area contributed by atoms with Gasteiger partial charge in [0.15, 0.2) is 0 Å². The largest absolute Gasteiger partial charge is 0.354 e. The van der Waals surface area contributed by atoms with Crippen LogP contribution in [-0.2, 0) is 13.0 Å². The fourth-order valence-corrected chi connectivity index (χ4v) is 1.91. The topological polar surface area (TPSA) is 17.0 Å². The van der Waals surface area contributed by atoms with E-state index in [0.717, 1.165) is 13.1 Å². The summed E-state index contributed by atoms with van der Waals surface area (Å²) in [7, 11) is 0. The van der Waals surface area contributed by atoms with Crippen molar-refractivity contribution in [2.75, 3.05) is 6.54 Å². The first-order chi connectivity index (χ1) is 7.76. The second-order valence-electron chi connectivity index (χ2n) is 4.65. The van der Waals surface area contributed by atoms with Crippen molar-refractivity contribution in [3.63, 3.8) is 0 Å². The van der Waals surface area contributed by atoms with Gasteiger partial charge in [-0.15, -0.1) is 0 Å². The third kappa shape index (κ3) is 4.84. The van der Waals surface area contributed by atoms with Crippen LogP contribution >= 0.6 is 0 Å². The Balaban J connectivity index is 2.25. The molecule has 1 aromatic rings. The highest BCUT2D eigenvalue weighted by molar-refractivity contribution is 5.10. The molecular weight excluding hydrogens is 196 g/mol. The van der Waals surface area contributed by atoms with Crippen LogP contribution in [0.2, 0.25) is 0 Å². The number of hydrogen-bond donors (Lipinski definition) is 1. The Kier molecular flexibility index (Phi) is 6.24. The molecule has 0 amide bonds. The molecule has 1 atom stereocenters. The van der Waals surface area contributed by atoms with Crippen LogP contribution in [0.25, 0.3) is 0 Å². The van der Waals surface area contributed by atoms with E-state index in [1.54, 1.807) is 0 Å². The molecule has 1 unspecified atom stereocenters. The summed E-state index contributed by atoms with van der Waals surface area (Å²) in [6.07, 6.45) is 9.34. The first-order valence-corrected chi connectivity index (χ1v) is 6.64. The van der Waals surface area contributed by atoms with Gasteiger partial charge in [-0.2, -0.15) is 0 Å². The van der Waals surface area contributed by atoms with Gasteiger partial charge >= 0.3 is 0 Å². The minimum Gasteiger partial charge on any atom is -0.354 e. The predicted molar refractivity (Wildman–Crippen MR) is 70.8 cm³/mol. The molecule has 0 saturated carbocycles. The molecule has 1 aromatic heterocycles. The van der Waals surface area contributed by atoms with Crippen molar-refractivity contribution in [3.8, 4) is 0 Å². The Morgan fingerprint density at radius 1 is 1.31 bits per heavy atom. The van der Waals surface area contributed by atoms with E-state index in [4.69, 9.17) is 0 Å². The summed E-state index contributed by atoms with van der Waals surface area (Å²) < 4.78 is 2.29. The molecule has 0 fully saturated rings. The van der Waals surface area contributed by atoms with E-state index in [0.29, 0.717) is 6.04 Å². The highest BCUT2D eigenvalue weighted by Crippen LogP contribution is 2.07. The van der Waals surface area contributed by atoms with Crippen LogP contribution in [0.5, 0.6) is 0 Å². The minimum absolute atomic E-state index is 0.634. The summed E-state index contributed by atoms with van der Waals surface area (Å²) in [5, 5.41) is 3.53. The van der Waals surface area contributed by atoms with Crippen molar-refractivity contribution in [1.29, 1.82) is 0 Å². The smallest absolute Gasteiger partial charge is 0.0217 e. The van der Waals surface area contributed by atoms with Crippen molar-refractivity contribution in [2.45, 2.75) is 59.0 Å². The zero-order valence-corrected chi connectivity index (χ0v) is 11.0. The molecule has 0 aliphatic heterocycles. The lowest BCUT2D eigenvalue weighted by Crippen LogP contribution is -2.26. The van der Waals surface area contributed by atoms with E-state index in [1.165, 1.54) is 31.2 Å². The standard InChI is InChI=1S/C14H26N2/c1-4-9-15-13(3)6-7-14-8-11-16(12-14)10-5-2/h8,11-13,15H,4-7,9-10H2,1-3H3. The van der Waals surface area contributed by atoms with Crippen LogP contribution in [0, 0.1) is 0 Å². The molecule has 92 valence electrons. The Hall–Kier alpha value is -0.760. The molecule has 1 N–H and O–H groups in total. The average molecular weight is 222 g/mol. The van der Waals surface area contributed by atoms with Gasteiger partial charge in [-0.3, -0.25) is 0 Å². The number of nitrogens with one attached hydrogen (secondary N) is 1. The van der Waals surface area contributed by atoms with E-state index < -0.39 is 0 Å². The second kappa shape index (κ2) is 7.50. The van der Waals surface area contributed by atoms with Gasteiger partial charge < -0.3 is 9.88 Å². The minimum atomic E-state index is 0.634. The maximum Gasteiger partial charge on any atom is 0.0217 e. The summed E-state index contributed by atoms with van der Waals surface area (Å²) >= 11 is 0. The van der Waals surface area contributed by atoms with E-state index in [1.807, 2.05) is 0 Å². The van der Waals surface area contributed by atoms with Gasteiger partial charge in [0.05, 0.1) is 0 Å². The molecule has 0 aliphatic carbocycles. The number of aryl methyl sites for hydroxylation is 2. The van der Waals surface area contributed by atoms with E-state index in [-0.39, 0.29) is 0 Å². The molecule has 0 aliphatic rings. The van der Waals surface area contributed by atoms with Gasteiger partial charge in [-0.25, -0.2) is 0 Å². The zero-order chi connectivity index (χ0) is 11.8. The van der Waals surface area contributed by atoms with Crippen LogP contribution in [-0.4, -0.2) is 17.2 Å². The Morgan fingerprint density at radius 3 is 2.81 bits per heavy atom. The molecule has 0 radical (unpaired) electrons. The summed E-state index contributed by atoms with van der Waals surface area (Å²) in [5.41, 5.74) is 1.47. The quantitative estimate of drug-likeness (QED) is 0.714. The Labute approximate surface area is 100 Å². The Morgan fingerprint density at radius 2 is 2.12 bits per heavy atom. The Bertz CT molecular complexity index is 278. The fourth-order valence-electron chi connectivity index (χ4n) is 1.91. The summed E-state index contributed by atoms with van der Waals surface area (Å²) in [4.78, 5) is 0. The lowest BCUT2D eigenvalue weighted by atomic mass is 10.1.